The smallest absolute Gasteiger partial charge is 0.317 e. The van der Waals surface area contributed by atoms with Crippen LogP contribution < -0.4 is 26.4 Å². The molecule has 1 saturated carbocycles. The van der Waals surface area contributed by atoms with Crippen molar-refractivity contribution < 1.29 is 28.2 Å². The number of carbonyl (C=O) groups is 5. The van der Waals surface area contributed by atoms with Crippen LogP contribution in [0.15, 0.2) is 0 Å². The minimum atomic E-state index is -1.80. The number of amides is 6. The van der Waals surface area contributed by atoms with E-state index in [4.69, 9.17) is 5.73 Å². The predicted octanol–water partition coefficient (Wildman–Crippen LogP) is -0.0694. The molecule has 0 bridgehead atoms. The fourth-order valence-corrected chi connectivity index (χ4v) is 6.46. The van der Waals surface area contributed by atoms with Gasteiger partial charge in [0.25, 0.3) is 5.91 Å². The maximum absolute atomic E-state index is 13.2. The Morgan fingerprint density at radius 3 is 2.41 bits per heavy atom. The van der Waals surface area contributed by atoms with Gasteiger partial charge in [-0.1, -0.05) is 40.0 Å². The fourth-order valence-electron chi connectivity index (χ4n) is 4.98. The Morgan fingerprint density at radius 1 is 1.10 bits per heavy atom. The standard InChI is InChI=1S/C25H43N7O6S/c1-25(2,3)18(15-31-11-6-10-27-24(31)37)29-23(36)28-14-19(33)32-12-5-9-20(32)39(38)30-17(21(34)22(26)35)13-16-7-4-8-16/h16-18,20,30H,4-15H2,1-3H3,(H2,26,35)(H,27,37)(H2,28,29,36). The van der Waals surface area contributed by atoms with E-state index in [9.17, 15) is 28.2 Å². The van der Waals surface area contributed by atoms with E-state index in [1.165, 1.54) is 4.90 Å². The van der Waals surface area contributed by atoms with Crippen molar-refractivity contribution in [2.45, 2.75) is 83.2 Å². The van der Waals surface area contributed by atoms with Crippen molar-refractivity contribution >= 4 is 40.6 Å². The van der Waals surface area contributed by atoms with Crippen LogP contribution in [-0.2, 0) is 25.4 Å². The molecule has 0 aromatic rings. The average Bonchev–Trinajstić information content (AvgIpc) is 3.34. The van der Waals surface area contributed by atoms with E-state index in [1.807, 2.05) is 20.8 Å². The van der Waals surface area contributed by atoms with Gasteiger partial charge in [0, 0.05) is 26.2 Å². The molecule has 2 heterocycles. The molecule has 3 rings (SSSR count). The van der Waals surface area contributed by atoms with E-state index in [0.29, 0.717) is 45.4 Å². The second-order valence-corrected chi connectivity index (χ2v) is 13.1. The van der Waals surface area contributed by atoms with E-state index in [-0.39, 0.29) is 30.0 Å². The summed E-state index contributed by atoms with van der Waals surface area (Å²) in [7, 11) is -1.80. The highest BCUT2D eigenvalue weighted by atomic mass is 32.2. The van der Waals surface area contributed by atoms with E-state index < -0.39 is 46.0 Å². The quantitative estimate of drug-likeness (QED) is 0.205. The molecule has 2 aliphatic heterocycles. The summed E-state index contributed by atoms with van der Waals surface area (Å²) >= 11 is 0. The monoisotopic (exact) mass is 569 g/mol. The van der Waals surface area contributed by atoms with Gasteiger partial charge in [0.15, 0.2) is 0 Å². The Labute approximate surface area is 232 Å². The van der Waals surface area contributed by atoms with Crippen molar-refractivity contribution in [3.8, 4) is 0 Å². The molecule has 220 valence electrons. The number of nitrogens with two attached hydrogens (primary N) is 1. The number of Topliss-reactive ketones (excluding diaryl/α,β-unsaturated/α-hetero) is 1. The lowest BCUT2D eigenvalue weighted by Gasteiger charge is -2.37. The first-order chi connectivity index (χ1) is 18.4. The minimum Gasteiger partial charge on any atom is -0.363 e. The van der Waals surface area contributed by atoms with E-state index in [0.717, 1.165) is 25.7 Å². The van der Waals surface area contributed by atoms with Gasteiger partial charge >= 0.3 is 12.1 Å². The first-order valence-corrected chi connectivity index (χ1v) is 14.9. The zero-order valence-corrected chi connectivity index (χ0v) is 23.9. The summed E-state index contributed by atoms with van der Waals surface area (Å²) in [4.78, 5) is 64.8. The van der Waals surface area contributed by atoms with Crippen molar-refractivity contribution in [1.82, 2.24) is 30.5 Å². The van der Waals surface area contributed by atoms with Crippen LogP contribution in [0.25, 0.3) is 0 Å². The highest BCUT2D eigenvalue weighted by Crippen LogP contribution is 2.31. The first kappa shape index (κ1) is 30.8. The third-order valence-corrected chi connectivity index (χ3v) is 9.20. The van der Waals surface area contributed by atoms with Gasteiger partial charge in [0.2, 0.25) is 11.7 Å². The molecule has 0 aromatic heterocycles. The summed E-state index contributed by atoms with van der Waals surface area (Å²) in [5.41, 5.74) is 4.86. The second-order valence-electron chi connectivity index (χ2n) is 11.7. The summed E-state index contributed by atoms with van der Waals surface area (Å²) in [6, 6.07) is -2.01. The van der Waals surface area contributed by atoms with Gasteiger partial charge < -0.3 is 31.5 Å². The molecule has 0 spiro atoms. The van der Waals surface area contributed by atoms with E-state index in [1.54, 1.807) is 4.90 Å². The lowest BCUT2D eigenvalue weighted by atomic mass is 9.80. The van der Waals surface area contributed by atoms with Crippen LogP contribution in [-0.4, -0.2) is 93.8 Å². The third kappa shape index (κ3) is 8.62. The van der Waals surface area contributed by atoms with Crippen LogP contribution >= 0.6 is 0 Å². The molecule has 13 nitrogen and oxygen atoms in total. The summed E-state index contributed by atoms with van der Waals surface area (Å²) < 4.78 is 15.9. The van der Waals surface area contributed by atoms with Crippen LogP contribution in [0.3, 0.4) is 0 Å². The minimum absolute atomic E-state index is 0.165. The van der Waals surface area contributed by atoms with Gasteiger partial charge in [0.05, 0.1) is 18.6 Å². The van der Waals surface area contributed by atoms with Crippen LogP contribution in [0.1, 0.15) is 65.7 Å². The second kappa shape index (κ2) is 13.6. The SMILES string of the molecule is CC(C)(C)C(CN1CCCNC1=O)NC(=O)NCC(=O)N1CCCC1S(=O)NC(CC1CCC1)C(=O)C(N)=O. The molecule has 1 aliphatic carbocycles. The van der Waals surface area contributed by atoms with Crippen LogP contribution in [0, 0.1) is 11.3 Å². The summed E-state index contributed by atoms with van der Waals surface area (Å²) in [6.07, 6.45) is 5.23. The number of hydrogen-bond acceptors (Lipinski definition) is 6. The molecular formula is C25H43N7O6S. The molecule has 3 fully saturated rings. The normalized spacial score (nSPS) is 22.3. The molecule has 14 heteroatoms. The summed E-state index contributed by atoms with van der Waals surface area (Å²) in [6.45, 7) is 7.52. The topological polar surface area (TPSA) is 183 Å². The number of nitrogens with zero attached hydrogens (tertiary/aromatic N) is 2. The van der Waals surface area contributed by atoms with E-state index in [2.05, 4.69) is 20.7 Å². The third-order valence-electron chi connectivity index (χ3n) is 7.70. The Kier molecular flexibility index (Phi) is 10.7. The maximum atomic E-state index is 13.2. The van der Waals surface area contributed by atoms with Gasteiger partial charge in [-0.2, -0.15) is 0 Å². The zero-order valence-electron chi connectivity index (χ0n) is 23.1. The lowest BCUT2D eigenvalue weighted by Crippen LogP contribution is -2.58. The number of ketones is 1. The number of carbonyl (C=O) groups excluding carboxylic acids is 5. The van der Waals surface area contributed by atoms with Gasteiger partial charge in [-0.05, 0) is 37.0 Å². The number of likely N-dealkylation sites (tertiary alicyclic amines) is 1. The van der Waals surface area contributed by atoms with Gasteiger partial charge in [-0.15, -0.1) is 0 Å². The maximum Gasteiger partial charge on any atom is 0.317 e. The van der Waals surface area contributed by atoms with Crippen LogP contribution in [0.2, 0.25) is 0 Å². The summed E-state index contributed by atoms with van der Waals surface area (Å²) in [5.74, 6) is -2.01. The Morgan fingerprint density at radius 2 is 1.82 bits per heavy atom. The number of rotatable bonds is 12. The molecule has 4 atom stereocenters. The Balaban J connectivity index is 1.53. The molecule has 4 unspecified atom stereocenters. The zero-order chi connectivity index (χ0) is 28.7. The number of urea groups is 2. The van der Waals surface area contributed by atoms with Crippen molar-refractivity contribution in [2.75, 3.05) is 32.7 Å². The van der Waals surface area contributed by atoms with Crippen LogP contribution in [0.4, 0.5) is 9.59 Å². The molecule has 6 amide bonds. The van der Waals surface area contributed by atoms with Crippen molar-refractivity contribution in [3.63, 3.8) is 0 Å². The Bertz CT molecular complexity index is 967. The highest BCUT2D eigenvalue weighted by molar-refractivity contribution is 7.83. The molecular weight excluding hydrogens is 526 g/mol. The van der Waals surface area contributed by atoms with Crippen molar-refractivity contribution in [2.24, 2.45) is 17.1 Å². The number of nitrogens with one attached hydrogen (secondary N) is 4. The number of primary amides is 1. The van der Waals surface area contributed by atoms with E-state index >= 15 is 0 Å². The highest BCUT2D eigenvalue weighted by Gasteiger charge is 2.37. The molecule has 2 saturated heterocycles. The molecule has 0 aromatic carbocycles. The largest absolute Gasteiger partial charge is 0.363 e. The number of hydrogen-bond donors (Lipinski definition) is 5. The van der Waals surface area contributed by atoms with Gasteiger partial charge in [-0.3, -0.25) is 14.4 Å². The lowest BCUT2D eigenvalue weighted by molar-refractivity contribution is -0.137. The molecule has 6 N–H and O–H groups in total. The fraction of sp³-hybridized carbons (Fsp3) is 0.800. The van der Waals surface area contributed by atoms with Crippen molar-refractivity contribution in [1.29, 1.82) is 0 Å². The predicted molar refractivity (Wildman–Crippen MR) is 145 cm³/mol. The summed E-state index contributed by atoms with van der Waals surface area (Å²) in [5, 5.41) is 7.59. The van der Waals surface area contributed by atoms with Crippen molar-refractivity contribution in [3.05, 3.63) is 0 Å². The molecule has 0 radical (unpaired) electrons. The van der Waals surface area contributed by atoms with Gasteiger partial charge in [0.1, 0.15) is 16.4 Å². The van der Waals surface area contributed by atoms with Gasteiger partial charge in [-0.25, -0.2) is 18.5 Å². The Hall–Kier alpha value is -2.74. The molecule has 39 heavy (non-hydrogen) atoms. The first-order valence-electron chi connectivity index (χ1n) is 13.7. The van der Waals surface area contributed by atoms with Crippen LogP contribution in [0.5, 0.6) is 0 Å². The molecule has 3 aliphatic rings. The average molecular weight is 570 g/mol.